The number of fused-ring (bicyclic) bond motifs is 1. The van der Waals surface area contributed by atoms with Crippen molar-refractivity contribution >= 4 is 44.1 Å². The molecule has 1 fully saturated rings. The molecule has 3 aromatic heterocycles. The molecule has 188 valence electrons. The number of nitrogens with zero attached hydrogens (tertiary/aromatic N) is 5. The van der Waals surface area contributed by atoms with Gasteiger partial charge in [0.15, 0.2) is 15.7 Å². The summed E-state index contributed by atoms with van der Waals surface area (Å²) >= 11 is 0. The minimum Gasteiger partial charge on any atom is -0.393 e. The molecular weight excluding hydrogens is 478 g/mol. The number of nitrogen functional groups attached to an aromatic ring is 1. The molecular formula is C25H29N7O3S. The lowest BCUT2D eigenvalue weighted by molar-refractivity contribution is 0.145. The van der Waals surface area contributed by atoms with E-state index in [9.17, 15) is 13.5 Å². The third-order valence-corrected chi connectivity index (χ3v) is 8.63. The Bertz CT molecular complexity index is 1490. The summed E-state index contributed by atoms with van der Waals surface area (Å²) in [5, 5.41) is 12.4. The zero-order chi connectivity index (χ0) is 25.4. The van der Waals surface area contributed by atoms with Crippen molar-refractivity contribution in [2.24, 2.45) is 0 Å². The first kappa shape index (κ1) is 24.0. The Morgan fingerprint density at radius 2 is 1.83 bits per heavy atom. The highest BCUT2D eigenvalue weighted by molar-refractivity contribution is 7.92. The predicted octanol–water partition coefficient (Wildman–Crippen LogP) is 3.28. The maximum absolute atomic E-state index is 13.0. The predicted molar refractivity (Wildman–Crippen MR) is 141 cm³/mol. The average Bonchev–Trinajstić information content (AvgIpc) is 3.29. The van der Waals surface area contributed by atoms with E-state index >= 15 is 0 Å². The smallest absolute Gasteiger partial charge is 0.222 e. The lowest BCUT2D eigenvalue weighted by Gasteiger charge is -2.30. The highest BCUT2D eigenvalue weighted by Gasteiger charge is 2.24. The van der Waals surface area contributed by atoms with E-state index in [4.69, 9.17) is 5.73 Å². The molecule has 0 radical (unpaired) electrons. The first-order valence-corrected chi connectivity index (χ1v) is 13.4. The first-order chi connectivity index (χ1) is 17.2. The Hall–Kier alpha value is -3.70. The van der Waals surface area contributed by atoms with Gasteiger partial charge in [0.1, 0.15) is 11.3 Å². The van der Waals surface area contributed by atoms with E-state index in [1.807, 2.05) is 29.0 Å². The lowest BCUT2D eigenvalue weighted by Crippen LogP contribution is -2.36. The number of piperidine rings is 1. The number of pyridine rings is 1. The van der Waals surface area contributed by atoms with Crippen LogP contribution in [0.2, 0.25) is 0 Å². The minimum absolute atomic E-state index is 0.0766. The van der Waals surface area contributed by atoms with Crippen LogP contribution in [0.1, 0.15) is 26.7 Å². The number of hydrogen-bond donors (Lipinski definition) is 3. The van der Waals surface area contributed by atoms with Crippen LogP contribution in [-0.2, 0) is 9.84 Å². The second kappa shape index (κ2) is 9.40. The summed E-state index contributed by atoms with van der Waals surface area (Å²) in [6.07, 6.45) is 4.85. The van der Waals surface area contributed by atoms with Gasteiger partial charge in [0.2, 0.25) is 5.95 Å². The molecule has 5 rings (SSSR count). The van der Waals surface area contributed by atoms with E-state index in [2.05, 4.69) is 25.2 Å². The fraction of sp³-hybridized carbons (Fsp3) is 0.320. The average molecular weight is 508 g/mol. The molecule has 4 N–H and O–H groups in total. The third-order valence-electron chi connectivity index (χ3n) is 6.42. The summed E-state index contributed by atoms with van der Waals surface area (Å²) in [6.45, 7) is 4.83. The van der Waals surface area contributed by atoms with E-state index in [0.717, 1.165) is 37.4 Å². The van der Waals surface area contributed by atoms with Crippen molar-refractivity contribution in [3.63, 3.8) is 0 Å². The van der Waals surface area contributed by atoms with Crippen LogP contribution in [0.15, 0.2) is 59.8 Å². The number of anilines is 4. The summed E-state index contributed by atoms with van der Waals surface area (Å²) < 4.78 is 27.8. The summed E-state index contributed by atoms with van der Waals surface area (Å²) in [5.74, 6) is 1.32. The molecule has 0 aliphatic carbocycles. The quantitative estimate of drug-likeness (QED) is 0.359. The van der Waals surface area contributed by atoms with Gasteiger partial charge in [-0.25, -0.2) is 18.4 Å². The fourth-order valence-corrected chi connectivity index (χ4v) is 5.57. The maximum atomic E-state index is 13.0. The van der Waals surface area contributed by atoms with Crippen molar-refractivity contribution in [2.75, 3.05) is 29.0 Å². The van der Waals surface area contributed by atoms with Gasteiger partial charge in [0, 0.05) is 19.3 Å². The van der Waals surface area contributed by atoms with Gasteiger partial charge >= 0.3 is 0 Å². The van der Waals surface area contributed by atoms with Crippen molar-refractivity contribution in [3.8, 4) is 5.69 Å². The van der Waals surface area contributed by atoms with Crippen LogP contribution in [0.3, 0.4) is 0 Å². The van der Waals surface area contributed by atoms with Crippen LogP contribution < -0.4 is 16.0 Å². The molecule has 0 bridgehead atoms. The van der Waals surface area contributed by atoms with Gasteiger partial charge in [-0.1, -0.05) is 12.1 Å². The van der Waals surface area contributed by atoms with E-state index in [0.29, 0.717) is 22.5 Å². The number of aromatic nitrogens is 4. The molecule has 1 aliphatic heterocycles. The molecule has 1 saturated heterocycles. The van der Waals surface area contributed by atoms with Crippen LogP contribution in [0.4, 0.5) is 23.3 Å². The first-order valence-electron chi connectivity index (χ1n) is 11.9. The normalized spacial score (nSPS) is 15.1. The van der Waals surface area contributed by atoms with Gasteiger partial charge in [-0.05, 0) is 57.0 Å². The summed E-state index contributed by atoms with van der Waals surface area (Å²) in [6, 6.07) is 12.5. The largest absolute Gasteiger partial charge is 0.393 e. The van der Waals surface area contributed by atoms with Crippen molar-refractivity contribution in [3.05, 3.63) is 54.9 Å². The molecule has 11 heteroatoms. The van der Waals surface area contributed by atoms with E-state index in [1.54, 1.807) is 44.3 Å². The monoisotopic (exact) mass is 507 g/mol. The summed E-state index contributed by atoms with van der Waals surface area (Å²) in [4.78, 5) is 15.8. The molecule has 1 aromatic carbocycles. The Balaban J connectivity index is 1.54. The van der Waals surface area contributed by atoms with Crippen LogP contribution in [0, 0.1) is 0 Å². The van der Waals surface area contributed by atoms with Gasteiger partial charge in [-0.2, -0.15) is 4.98 Å². The molecule has 0 amide bonds. The number of nitrogens with one attached hydrogen (secondary N) is 1. The van der Waals surface area contributed by atoms with Crippen LogP contribution in [0.5, 0.6) is 0 Å². The summed E-state index contributed by atoms with van der Waals surface area (Å²) in [7, 11) is -3.53. The Morgan fingerprint density at radius 3 is 2.53 bits per heavy atom. The third kappa shape index (κ3) is 4.47. The standard InChI is InChI=1S/C25H29N7O3S/c1-16(2)36(34,35)21-6-4-3-5-19(21)28-24-23-20(29-25(26)30-24)11-14-32(23)17-7-8-22(27-15-17)31-12-9-18(33)10-13-31/h3-8,11,14-16,18,33H,9-10,12-13H2,1-2H3,(H3,26,28,29,30). The molecule has 0 unspecified atom stereocenters. The van der Waals surface area contributed by atoms with Crippen molar-refractivity contribution in [2.45, 2.75) is 42.9 Å². The molecule has 0 spiro atoms. The number of benzene rings is 1. The van der Waals surface area contributed by atoms with Gasteiger partial charge < -0.3 is 25.6 Å². The van der Waals surface area contributed by atoms with E-state index < -0.39 is 15.1 Å². The second-order valence-electron chi connectivity index (χ2n) is 9.16. The number of para-hydroxylation sites is 1. The highest BCUT2D eigenvalue weighted by atomic mass is 32.2. The summed E-state index contributed by atoms with van der Waals surface area (Å²) in [5.41, 5.74) is 8.46. The number of hydrogen-bond acceptors (Lipinski definition) is 9. The van der Waals surface area contributed by atoms with Crippen molar-refractivity contribution < 1.29 is 13.5 Å². The number of nitrogens with two attached hydrogens (primary N) is 1. The molecule has 4 aromatic rings. The number of aliphatic hydroxyl groups excluding tert-OH is 1. The van der Waals surface area contributed by atoms with Crippen molar-refractivity contribution in [1.29, 1.82) is 0 Å². The zero-order valence-electron chi connectivity index (χ0n) is 20.2. The molecule has 10 nitrogen and oxygen atoms in total. The molecule has 0 atom stereocenters. The van der Waals surface area contributed by atoms with Gasteiger partial charge in [-0.15, -0.1) is 0 Å². The Labute approximate surface area is 209 Å². The SMILES string of the molecule is CC(C)S(=O)(=O)c1ccccc1Nc1nc(N)nc2ccn(-c3ccc(N4CCC(O)CC4)nc3)c12. The fourth-order valence-electron chi connectivity index (χ4n) is 4.37. The van der Waals surface area contributed by atoms with Gasteiger partial charge in [-0.3, -0.25) is 0 Å². The molecule has 1 aliphatic rings. The molecule has 36 heavy (non-hydrogen) atoms. The molecule has 4 heterocycles. The van der Waals surface area contributed by atoms with Crippen LogP contribution in [-0.4, -0.2) is 57.5 Å². The van der Waals surface area contributed by atoms with E-state index in [-0.39, 0.29) is 16.9 Å². The second-order valence-corrected chi connectivity index (χ2v) is 11.6. The number of sulfone groups is 1. The topological polar surface area (TPSA) is 139 Å². The van der Waals surface area contributed by atoms with Crippen LogP contribution in [0.25, 0.3) is 16.7 Å². The van der Waals surface area contributed by atoms with E-state index in [1.165, 1.54) is 0 Å². The maximum Gasteiger partial charge on any atom is 0.222 e. The van der Waals surface area contributed by atoms with Gasteiger partial charge in [0.05, 0.1) is 39.3 Å². The lowest BCUT2D eigenvalue weighted by atomic mass is 10.1. The van der Waals surface area contributed by atoms with Crippen LogP contribution >= 0.6 is 0 Å². The number of rotatable bonds is 6. The highest BCUT2D eigenvalue weighted by Crippen LogP contribution is 2.32. The number of aliphatic hydroxyl groups is 1. The Kier molecular flexibility index (Phi) is 6.27. The molecule has 0 saturated carbocycles. The van der Waals surface area contributed by atoms with Gasteiger partial charge in [0.25, 0.3) is 0 Å². The minimum atomic E-state index is -3.53. The zero-order valence-corrected chi connectivity index (χ0v) is 21.0. The van der Waals surface area contributed by atoms with Crippen molar-refractivity contribution in [1.82, 2.24) is 19.5 Å². The Morgan fingerprint density at radius 1 is 1.08 bits per heavy atom.